The molecule has 0 spiro atoms. The average molecular weight is 937 g/mol. The van der Waals surface area contributed by atoms with Gasteiger partial charge in [0.05, 0.1) is 0 Å². The predicted molar refractivity (Wildman–Crippen MR) is 218 cm³/mol. The summed E-state index contributed by atoms with van der Waals surface area (Å²) >= 11 is -0.0144. The van der Waals surface area contributed by atoms with Crippen LogP contribution in [0.5, 0.6) is 0 Å². The first kappa shape index (κ1) is 36.1. The predicted octanol–water partition coefficient (Wildman–Crippen LogP) is 12.6. The molecule has 0 fully saturated rings. The zero-order valence-corrected chi connectivity index (χ0v) is 35.1. The third kappa shape index (κ3) is 8.19. The van der Waals surface area contributed by atoms with E-state index >= 15 is 0 Å². The molecule has 8 rings (SSSR count). The van der Waals surface area contributed by atoms with Crippen LogP contribution in [0.4, 0.5) is 4.39 Å². The number of aromatic nitrogens is 2. The Morgan fingerprint density at radius 2 is 1.48 bits per heavy atom. The van der Waals surface area contributed by atoms with E-state index in [1.807, 2.05) is 86.8 Å². The average Bonchev–Trinajstić information content (AvgIpc) is 3.53. The Hall–Kier alpha value is -4.26. The van der Waals surface area contributed by atoms with E-state index in [0.29, 0.717) is 0 Å². The molecular formula is C46H39FGeIrN2S-2. The van der Waals surface area contributed by atoms with Crippen LogP contribution in [0.15, 0.2) is 140 Å². The quantitative estimate of drug-likeness (QED) is 0.123. The van der Waals surface area contributed by atoms with Crippen LogP contribution in [-0.2, 0) is 20.1 Å². The summed E-state index contributed by atoms with van der Waals surface area (Å²) in [6.07, 6.45) is 3.81. The van der Waals surface area contributed by atoms with Crippen molar-refractivity contribution in [3.63, 3.8) is 0 Å². The van der Waals surface area contributed by atoms with Crippen molar-refractivity contribution in [1.82, 2.24) is 9.97 Å². The molecule has 1 radical (unpaired) electrons. The summed E-state index contributed by atoms with van der Waals surface area (Å²) in [5, 5.41) is 2.30. The number of pyridine rings is 2. The minimum atomic E-state index is -1.72. The van der Waals surface area contributed by atoms with Crippen LogP contribution in [-0.4, -0.2) is 23.2 Å². The van der Waals surface area contributed by atoms with Gasteiger partial charge in [-0.05, 0) is 74.3 Å². The van der Waals surface area contributed by atoms with Gasteiger partial charge in [-0.1, -0.05) is 73.3 Å². The van der Waals surface area contributed by atoms with Crippen molar-refractivity contribution in [1.29, 1.82) is 0 Å². The number of halogens is 1. The van der Waals surface area contributed by atoms with Crippen molar-refractivity contribution in [3.8, 4) is 44.8 Å². The van der Waals surface area contributed by atoms with E-state index in [2.05, 4.69) is 81.8 Å². The molecule has 0 bridgehead atoms. The van der Waals surface area contributed by atoms with E-state index in [0.717, 1.165) is 70.5 Å². The Balaban J connectivity index is 0.000000238. The summed E-state index contributed by atoms with van der Waals surface area (Å²) < 4.78 is 26.3. The van der Waals surface area contributed by atoms with E-state index in [9.17, 15) is 4.39 Å². The van der Waals surface area contributed by atoms with Crippen molar-refractivity contribution in [2.45, 2.75) is 37.0 Å². The fourth-order valence-electron chi connectivity index (χ4n) is 6.16. The van der Waals surface area contributed by atoms with Crippen molar-refractivity contribution in [2.24, 2.45) is 0 Å². The van der Waals surface area contributed by atoms with Crippen LogP contribution in [0.1, 0.15) is 26.7 Å². The first-order valence-electron chi connectivity index (χ1n) is 17.6. The van der Waals surface area contributed by atoms with Gasteiger partial charge in [0.2, 0.25) is 0 Å². The van der Waals surface area contributed by atoms with E-state index in [-0.39, 0.29) is 25.9 Å². The van der Waals surface area contributed by atoms with Crippen molar-refractivity contribution in [2.75, 3.05) is 0 Å². The van der Waals surface area contributed by atoms with Gasteiger partial charge >= 0.3 is 99.8 Å². The maximum absolute atomic E-state index is 14.2. The topological polar surface area (TPSA) is 25.8 Å². The third-order valence-corrected chi connectivity index (χ3v) is 14.4. The van der Waals surface area contributed by atoms with Gasteiger partial charge < -0.3 is 4.98 Å². The maximum Gasteiger partial charge on any atom is 0 e. The summed E-state index contributed by atoms with van der Waals surface area (Å²) in [6, 6.07) is 48.3. The summed E-state index contributed by atoms with van der Waals surface area (Å²) in [5.41, 5.74) is 8.76. The van der Waals surface area contributed by atoms with Crippen molar-refractivity contribution >= 4 is 49.2 Å². The van der Waals surface area contributed by atoms with Crippen LogP contribution in [0.25, 0.3) is 64.9 Å². The molecule has 261 valence electrons. The minimum Gasteiger partial charge on any atom is 0 e. The van der Waals surface area contributed by atoms with Gasteiger partial charge in [-0.15, -0.1) is 23.8 Å². The molecule has 0 atom stereocenters. The normalized spacial score (nSPS) is 11.8. The van der Waals surface area contributed by atoms with E-state index in [4.69, 9.17) is 1.37 Å². The minimum absolute atomic E-state index is 0. The molecule has 3 heterocycles. The van der Waals surface area contributed by atoms with Gasteiger partial charge in [0.15, 0.2) is 0 Å². The number of thiophene rings is 1. The molecule has 2 nitrogen and oxygen atoms in total. The second-order valence-electron chi connectivity index (χ2n) is 13.9. The molecule has 0 unspecified atom stereocenters. The number of nitrogens with zero attached hydrogens (tertiary/aromatic N) is 2. The number of fused-ring (bicyclic) bond motifs is 3. The van der Waals surface area contributed by atoms with Gasteiger partial charge in [-0.25, -0.2) is 4.39 Å². The van der Waals surface area contributed by atoms with Crippen LogP contribution in [0, 0.1) is 17.9 Å². The second kappa shape index (κ2) is 16.2. The Kier molecular flexibility index (Phi) is 11.2. The molecule has 0 aliphatic carbocycles. The molecule has 52 heavy (non-hydrogen) atoms. The molecule has 6 heteroatoms. The smallest absolute Gasteiger partial charge is 0 e. The molecule has 5 aromatic carbocycles. The standard InChI is InChI=1S/C32H23FNS.C14H16GeN.Ir/c1-20(2)22-14-15-34-30(17-22)26-13-7-12-25-29-18-27(21-8-4-3-5-9-21)28(19-31(29)35-32(25)26)23-10-6-11-24(33)16-23;1-15(2,3)13-9-10-14(16-11-13)12-7-5-4-6-8-12;/h3-12,14-20H,1-2H3;4-7,9-11H,1-3H3;/q2*-1;/i20D;;. The van der Waals surface area contributed by atoms with Crippen LogP contribution in [0.3, 0.4) is 0 Å². The molecule has 0 aliphatic rings. The van der Waals surface area contributed by atoms with Gasteiger partial charge in [0.1, 0.15) is 5.82 Å². The summed E-state index contributed by atoms with van der Waals surface area (Å²) in [6.45, 7) is 3.77. The fraction of sp³-hybridized carbons (Fsp3) is 0.130. The summed E-state index contributed by atoms with van der Waals surface area (Å²) in [5.74, 6) is 6.18. The van der Waals surface area contributed by atoms with Gasteiger partial charge in [0, 0.05) is 32.4 Å². The Morgan fingerprint density at radius 1 is 0.712 bits per heavy atom. The Morgan fingerprint density at radius 3 is 2.17 bits per heavy atom. The van der Waals surface area contributed by atoms with E-state index in [1.54, 1.807) is 29.7 Å². The molecule has 0 amide bonds. The van der Waals surface area contributed by atoms with Crippen molar-refractivity contribution in [3.05, 3.63) is 163 Å². The van der Waals surface area contributed by atoms with Crippen LogP contribution >= 0.6 is 11.3 Å². The summed E-state index contributed by atoms with van der Waals surface area (Å²) in [7, 11) is 0. The SMILES string of the molecule is [2H]C(C)(C)c1ccnc(-c2[c-]ccc3c2sc2cc(-c4cccc(F)c4)c(-c4ccccc4)cc23)c1.[CH3][Ge]([CH3])([CH3])[c]1ccc(-c2[c-]cccc2)nc1.[Ir]. The molecular weight excluding hydrogens is 896 g/mol. The first-order valence-corrected chi connectivity index (χ1v) is 25.2. The second-order valence-corrected chi connectivity index (χ2v) is 25.6. The number of rotatable bonds is 6. The largest absolute Gasteiger partial charge is 0 e. The van der Waals surface area contributed by atoms with E-state index < -0.39 is 19.2 Å². The van der Waals surface area contributed by atoms with E-state index in [1.165, 1.54) is 10.5 Å². The fourth-order valence-corrected chi connectivity index (χ4v) is 9.56. The van der Waals surface area contributed by atoms with Gasteiger partial charge in [-0.2, -0.15) is 11.3 Å². The molecule has 0 aliphatic heterocycles. The molecule has 8 aromatic rings. The van der Waals surface area contributed by atoms with Gasteiger partial charge in [0.25, 0.3) is 0 Å². The molecule has 3 aromatic heterocycles. The van der Waals surface area contributed by atoms with Crippen LogP contribution < -0.4 is 4.40 Å². The number of benzene rings is 5. The zero-order valence-electron chi connectivity index (χ0n) is 30.8. The zero-order chi connectivity index (χ0) is 36.5. The molecule has 0 N–H and O–H groups in total. The number of hydrogen-bond donors (Lipinski definition) is 0. The third-order valence-electron chi connectivity index (χ3n) is 9.00. The Labute approximate surface area is 328 Å². The monoisotopic (exact) mass is 938 g/mol. The number of hydrogen-bond acceptors (Lipinski definition) is 3. The van der Waals surface area contributed by atoms with Crippen molar-refractivity contribution < 1.29 is 25.9 Å². The summed E-state index contributed by atoms with van der Waals surface area (Å²) in [4.78, 5) is 9.16. The first-order chi connectivity index (χ1) is 25.0. The molecule has 0 saturated carbocycles. The van der Waals surface area contributed by atoms with Gasteiger partial charge in [-0.3, -0.25) is 0 Å². The van der Waals surface area contributed by atoms with Crippen LogP contribution in [0.2, 0.25) is 17.3 Å². The Bertz CT molecular complexity index is 2490. The molecule has 0 saturated heterocycles. The maximum atomic E-state index is 14.2.